The first kappa shape index (κ1) is 23.7. The molecule has 1 N–H and O–H groups in total. The van der Waals surface area contributed by atoms with Gasteiger partial charge in [0.25, 0.3) is 0 Å². The molecule has 1 aromatic carbocycles. The summed E-state index contributed by atoms with van der Waals surface area (Å²) in [5.74, 6) is -0.307. The topological polar surface area (TPSA) is 89.1 Å². The smallest absolute Gasteiger partial charge is 0.223 e. The molecule has 1 saturated heterocycles. The molecule has 0 spiro atoms. The SMILES string of the molecule is C=CCn1nnnc1C(NCC1CC(=O)N(C(C)(C)C)C1)c1ccc(-c2c(F)cccc2F)o1. The highest BCUT2D eigenvalue weighted by molar-refractivity contribution is 5.79. The lowest BCUT2D eigenvalue weighted by molar-refractivity contribution is -0.131. The van der Waals surface area contributed by atoms with Crippen molar-refractivity contribution in [2.45, 2.75) is 45.3 Å². The first-order valence-electron chi connectivity index (χ1n) is 11.1. The third-order valence-corrected chi connectivity index (χ3v) is 5.87. The van der Waals surface area contributed by atoms with E-state index >= 15 is 0 Å². The molecule has 10 heteroatoms. The molecule has 0 radical (unpaired) electrons. The van der Waals surface area contributed by atoms with Gasteiger partial charge in [-0.25, -0.2) is 13.5 Å². The zero-order chi connectivity index (χ0) is 24.5. The molecule has 0 bridgehead atoms. The molecule has 0 aliphatic carbocycles. The lowest BCUT2D eigenvalue weighted by Gasteiger charge is -2.32. The summed E-state index contributed by atoms with van der Waals surface area (Å²) in [4.78, 5) is 14.4. The number of nitrogens with one attached hydrogen (secondary N) is 1. The van der Waals surface area contributed by atoms with Crippen molar-refractivity contribution < 1.29 is 18.0 Å². The second-order valence-electron chi connectivity index (χ2n) is 9.39. The van der Waals surface area contributed by atoms with Crippen LogP contribution in [0.3, 0.4) is 0 Å². The largest absolute Gasteiger partial charge is 0.459 e. The van der Waals surface area contributed by atoms with Crippen LogP contribution in [0.4, 0.5) is 8.78 Å². The summed E-state index contributed by atoms with van der Waals surface area (Å²) in [7, 11) is 0. The first-order chi connectivity index (χ1) is 16.2. The second-order valence-corrected chi connectivity index (χ2v) is 9.39. The molecule has 3 heterocycles. The number of carbonyl (C=O) groups excluding carboxylic acids is 1. The number of tetrazole rings is 1. The van der Waals surface area contributed by atoms with E-state index in [1.54, 1.807) is 16.8 Å². The van der Waals surface area contributed by atoms with E-state index in [-0.39, 0.29) is 28.7 Å². The quantitative estimate of drug-likeness (QED) is 0.505. The van der Waals surface area contributed by atoms with Crippen molar-refractivity contribution >= 4 is 5.91 Å². The average molecular weight is 471 g/mol. The molecule has 2 aromatic heterocycles. The number of aromatic nitrogens is 4. The number of furan rings is 1. The Morgan fingerprint density at radius 3 is 2.65 bits per heavy atom. The summed E-state index contributed by atoms with van der Waals surface area (Å²) >= 11 is 0. The lowest BCUT2D eigenvalue weighted by Crippen LogP contribution is -2.42. The molecule has 34 heavy (non-hydrogen) atoms. The van der Waals surface area contributed by atoms with Crippen molar-refractivity contribution in [3.05, 3.63) is 66.2 Å². The Hall–Kier alpha value is -3.40. The van der Waals surface area contributed by atoms with Crippen molar-refractivity contribution in [3.63, 3.8) is 0 Å². The van der Waals surface area contributed by atoms with Gasteiger partial charge in [-0.2, -0.15) is 0 Å². The van der Waals surface area contributed by atoms with Gasteiger partial charge in [-0.3, -0.25) is 4.79 Å². The Morgan fingerprint density at radius 1 is 1.26 bits per heavy atom. The van der Waals surface area contributed by atoms with Gasteiger partial charge in [0.05, 0.1) is 12.1 Å². The van der Waals surface area contributed by atoms with Crippen LogP contribution in [0.1, 0.15) is 44.8 Å². The Kier molecular flexibility index (Phi) is 6.60. The third-order valence-electron chi connectivity index (χ3n) is 5.87. The van der Waals surface area contributed by atoms with Gasteiger partial charge in [-0.1, -0.05) is 12.1 Å². The molecule has 0 saturated carbocycles. The number of carbonyl (C=O) groups is 1. The van der Waals surface area contributed by atoms with Crippen LogP contribution in [-0.2, 0) is 11.3 Å². The van der Waals surface area contributed by atoms with Crippen LogP contribution < -0.4 is 5.32 Å². The van der Waals surface area contributed by atoms with E-state index in [0.717, 1.165) is 0 Å². The predicted molar refractivity (Wildman–Crippen MR) is 121 cm³/mol. The summed E-state index contributed by atoms with van der Waals surface area (Å²) in [5.41, 5.74) is -0.487. The Balaban J connectivity index is 1.61. The van der Waals surface area contributed by atoms with Gasteiger partial charge in [0, 0.05) is 25.0 Å². The van der Waals surface area contributed by atoms with Crippen molar-refractivity contribution in [1.82, 2.24) is 30.4 Å². The van der Waals surface area contributed by atoms with Crippen LogP contribution >= 0.6 is 0 Å². The number of allylic oxidation sites excluding steroid dienone is 1. The zero-order valence-corrected chi connectivity index (χ0v) is 19.5. The van der Waals surface area contributed by atoms with Gasteiger partial charge < -0.3 is 14.6 Å². The maximum atomic E-state index is 14.3. The molecule has 1 aliphatic rings. The van der Waals surface area contributed by atoms with Gasteiger partial charge in [0.2, 0.25) is 5.91 Å². The monoisotopic (exact) mass is 470 g/mol. The molecule has 1 amide bonds. The van der Waals surface area contributed by atoms with E-state index in [4.69, 9.17) is 4.42 Å². The highest BCUT2D eigenvalue weighted by Gasteiger charge is 2.37. The van der Waals surface area contributed by atoms with Crippen LogP contribution in [0.5, 0.6) is 0 Å². The van der Waals surface area contributed by atoms with Gasteiger partial charge in [-0.05, 0) is 61.4 Å². The number of benzene rings is 1. The lowest BCUT2D eigenvalue weighted by atomic mass is 10.1. The Bertz CT molecular complexity index is 1160. The Labute approximate surface area is 196 Å². The molecule has 2 atom stereocenters. The van der Waals surface area contributed by atoms with Gasteiger partial charge in [-0.15, -0.1) is 11.7 Å². The number of hydrogen-bond acceptors (Lipinski definition) is 6. The maximum absolute atomic E-state index is 14.3. The summed E-state index contributed by atoms with van der Waals surface area (Å²) in [5, 5.41) is 15.3. The number of likely N-dealkylation sites (tertiary alicyclic amines) is 1. The standard InChI is InChI=1S/C24H28F2N6O2/c1-5-11-32-23(28-29-30-32)22(27-13-15-12-20(33)31(14-15)24(2,3)4)19-10-9-18(34-19)21-16(25)7-6-8-17(21)26/h5-10,15,22,27H,1,11-14H2,2-4H3. The zero-order valence-electron chi connectivity index (χ0n) is 19.5. The fraction of sp³-hybridized carbons (Fsp3) is 0.417. The van der Waals surface area contributed by atoms with Crippen LogP contribution in [0.15, 0.2) is 47.4 Å². The maximum Gasteiger partial charge on any atom is 0.223 e. The molecule has 2 unspecified atom stereocenters. The second kappa shape index (κ2) is 9.46. The summed E-state index contributed by atoms with van der Waals surface area (Å²) in [6.07, 6.45) is 2.09. The van der Waals surface area contributed by atoms with Gasteiger partial charge in [0.1, 0.15) is 29.2 Å². The van der Waals surface area contributed by atoms with E-state index in [2.05, 4.69) is 27.4 Å². The predicted octanol–water partition coefficient (Wildman–Crippen LogP) is 3.72. The highest BCUT2D eigenvalue weighted by atomic mass is 19.1. The molecule has 180 valence electrons. The normalized spacial score (nSPS) is 17.4. The van der Waals surface area contributed by atoms with Crippen LogP contribution in [0, 0.1) is 17.6 Å². The van der Waals surface area contributed by atoms with E-state index in [0.29, 0.717) is 37.6 Å². The summed E-state index contributed by atoms with van der Waals surface area (Å²) in [6, 6.07) is 6.23. The molecular formula is C24H28F2N6O2. The third kappa shape index (κ3) is 4.77. The van der Waals surface area contributed by atoms with Crippen molar-refractivity contribution in [1.29, 1.82) is 0 Å². The number of amides is 1. The number of hydrogen-bond donors (Lipinski definition) is 1. The van der Waals surface area contributed by atoms with Crippen molar-refractivity contribution in [2.75, 3.05) is 13.1 Å². The minimum Gasteiger partial charge on any atom is -0.459 e. The molecule has 8 nitrogen and oxygen atoms in total. The van der Waals surface area contributed by atoms with E-state index < -0.39 is 17.7 Å². The van der Waals surface area contributed by atoms with Crippen LogP contribution in [0.2, 0.25) is 0 Å². The van der Waals surface area contributed by atoms with Crippen molar-refractivity contribution in [2.24, 2.45) is 5.92 Å². The minimum absolute atomic E-state index is 0.0649. The molecule has 4 rings (SSSR count). The number of rotatable bonds is 8. The molecular weight excluding hydrogens is 442 g/mol. The Morgan fingerprint density at radius 2 is 2.00 bits per heavy atom. The van der Waals surface area contributed by atoms with Crippen LogP contribution in [0.25, 0.3) is 11.3 Å². The number of nitrogens with zero attached hydrogens (tertiary/aromatic N) is 5. The first-order valence-corrected chi connectivity index (χ1v) is 11.1. The van der Waals surface area contributed by atoms with Gasteiger partial charge in [0.15, 0.2) is 5.82 Å². The van der Waals surface area contributed by atoms with E-state index in [9.17, 15) is 13.6 Å². The van der Waals surface area contributed by atoms with Gasteiger partial charge >= 0.3 is 0 Å². The summed E-state index contributed by atoms with van der Waals surface area (Å²) in [6.45, 7) is 11.3. The molecule has 1 fully saturated rings. The summed E-state index contributed by atoms with van der Waals surface area (Å²) < 4.78 is 36.1. The van der Waals surface area contributed by atoms with E-state index in [1.807, 2.05) is 25.7 Å². The fourth-order valence-electron chi connectivity index (χ4n) is 4.22. The van der Waals surface area contributed by atoms with Crippen LogP contribution in [-0.4, -0.2) is 49.6 Å². The molecule has 3 aromatic rings. The van der Waals surface area contributed by atoms with Crippen molar-refractivity contribution in [3.8, 4) is 11.3 Å². The fourth-order valence-corrected chi connectivity index (χ4v) is 4.22. The molecule has 1 aliphatic heterocycles. The average Bonchev–Trinajstić information content (AvgIpc) is 3.49. The van der Waals surface area contributed by atoms with E-state index in [1.165, 1.54) is 24.3 Å². The number of halogens is 2. The highest BCUT2D eigenvalue weighted by Crippen LogP contribution is 2.32. The minimum atomic E-state index is -0.714.